The first-order valence-electron chi connectivity index (χ1n) is 14.3. The Morgan fingerprint density at radius 3 is 2.64 bits per heavy atom. The van der Waals surface area contributed by atoms with Crippen molar-refractivity contribution in [3.8, 4) is 5.75 Å². The fraction of sp³-hybridized carbons (Fsp3) is 0.406. The van der Waals surface area contributed by atoms with Crippen LogP contribution in [0.15, 0.2) is 59.2 Å². The molecule has 0 bridgehead atoms. The second kappa shape index (κ2) is 12.4. The number of hydrogen-bond donors (Lipinski definition) is 2. The number of aromatic nitrogens is 1. The molecular formula is C32H41N7O3. The van der Waals surface area contributed by atoms with E-state index in [4.69, 9.17) is 19.5 Å². The standard InChI is InChI=1S/C32H41N7O3/c1-8-30(40)34-25-14-26(29(41-7)15-28(25)38(5)12-11-37(3)4)35-32-33-16-20(2)31(36-32)24-17-39(6)27-13-21(9-10-23(24)27)22-18-42-19-22/h8-10,13-15,17,20,22H,1,11-12,16,18-19H2,2-7H3,(H,33,35)(H,34,40)/t20-/m1/s1. The molecular weight excluding hydrogens is 530 g/mol. The van der Waals surface area contributed by atoms with Gasteiger partial charge in [-0.25, -0.2) is 4.99 Å². The molecule has 2 aliphatic heterocycles. The number of methoxy groups -OCH3 is 1. The summed E-state index contributed by atoms with van der Waals surface area (Å²) in [6.07, 6.45) is 3.42. The number of hydrogen-bond acceptors (Lipinski definition) is 8. The van der Waals surface area contributed by atoms with Gasteiger partial charge in [-0.2, -0.15) is 0 Å². The summed E-state index contributed by atoms with van der Waals surface area (Å²) in [6.45, 7) is 9.55. The fourth-order valence-corrected chi connectivity index (χ4v) is 5.28. The lowest BCUT2D eigenvalue weighted by Crippen LogP contribution is -2.29. The number of benzene rings is 2. The third kappa shape index (κ3) is 6.05. The molecule has 3 heterocycles. The number of rotatable bonds is 10. The van der Waals surface area contributed by atoms with E-state index in [1.165, 1.54) is 22.5 Å². The molecule has 10 nitrogen and oxygen atoms in total. The van der Waals surface area contributed by atoms with Crippen LogP contribution in [0.4, 0.5) is 17.1 Å². The van der Waals surface area contributed by atoms with Crippen molar-refractivity contribution in [1.82, 2.24) is 9.47 Å². The Balaban J connectivity index is 1.47. The summed E-state index contributed by atoms with van der Waals surface area (Å²) in [5.74, 6) is 1.45. The lowest BCUT2D eigenvalue weighted by molar-refractivity contribution is -0.111. The highest BCUT2D eigenvalue weighted by molar-refractivity contribution is 6.18. The lowest BCUT2D eigenvalue weighted by Gasteiger charge is -2.26. The molecule has 42 heavy (non-hydrogen) atoms. The number of fused-ring (bicyclic) bond motifs is 1. The van der Waals surface area contributed by atoms with E-state index in [1.54, 1.807) is 7.11 Å². The predicted octanol–water partition coefficient (Wildman–Crippen LogP) is 4.33. The predicted molar refractivity (Wildman–Crippen MR) is 172 cm³/mol. The number of aliphatic imine (C=N–C) groups is 2. The van der Waals surface area contributed by atoms with Crippen molar-refractivity contribution >= 4 is 45.5 Å². The monoisotopic (exact) mass is 571 g/mol. The van der Waals surface area contributed by atoms with Gasteiger partial charge in [0.15, 0.2) is 0 Å². The average Bonchev–Trinajstić information content (AvgIpc) is 3.27. The minimum atomic E-state index is -0.290. The van der Waals surface area contributed by atoms with E-state index < -0.39 is 0 Å². The zero-order valence-electron chi connectivity index (χ0n) is 25.4. The third-order valence-corrected chi connectivity index (χ3v) is 7.91. The van der Waals surface area contributed by atoms with Crippen LogP contribution in [0.2, 0.25) is 0 Å². The molecule has 1 amide bonds. The van der Waals surface area contributed by atoms with Gasteiger partial charge in [0.1, 0.15) is 5.75 Å². The number of anilines is 3. The SMILES string of the molecule is C=CC(=O)Nc1cc(NC2=NC[C@@H](C)C(c3cn(C)c4cc(C5COC5)ccc34)=N2)c(OC)cc1N(C)CCN(C)C. The maximum Gasteiger partial charge on any atom is 0.247 e. The Morgan fingerprint density at radius 1 is 1.19 bits per heavy atom. The number of aryl methyl sites for hydroxylation is 1. The smallest absolute Gasteiger partial charge is 0.247 e. The van der Waals surface area contributed by atoms with Crippen molar-refractivity contribution < 1.29 is 14.3 Å². The van der Waals surface area contributed by atoms with Crippen LogP contribution in [-0.2, 0) is 16.6 Å². The van der Waals surface area contributed by atoms with E-state index in [0.717, 1.165) is 43.3 Å². The normalized spacial score (nSPS) is 17.0. The number of nitrogens with one attached hydrogen (secondary N) is 2. The first-order valence-corrected chi connectivity index (χ1v) is 14.3. The average molecular weight is 572 g/mol. The van der Waals surface area contributed by atoms with Gasteiger partial charge in [0, 0.05) is 67.8 Å². The Morgan fingerprint density at radius 2 is 1.98 bits per heavy atom. The molecule has 2 N–H and O–H groups in total. The number of ether oxygens (including phenoxy) is 2. The summed E-state index contributed by atoms with van der Waals surface area (Å²) in [5, 5.41) is 7.50. The van der Waals surface area contributed by atoms with Gasteiger partial charge < -0.3 is 34.5 Å². The molecule has 1 atom stereocenters. The van der Waals surface area contributed by atoms with Crippen molar-refractivity contribution in [3.63, 3.8) is 0 Å². The van der Waals surface area contributed by atoms with Crippen molar-refractivity contribution in [2.75, 3.05) is 76.6 Å². The summed E-state index contributed by atoms with van der Waals surface area (Å²) in [5.41, 5.74) is 6.71. The van der Waals surface area contributed by atoms with Crippen molar-refractivity contribution in [3.05, 3.63) is 60.3 Å². The van der Waals surface area contributed by atoms with Crippen LogP contribution in [0.1, 0.15) is 24.0 Å². The van der Waals surface area contributed by atoms with Gasteiger partial charge in [-0.1, -0.05) is 25.6 Å². The number of carbonyl (C=O) groups is 1. The molecule has 0 spiro atoms. The summed E-state index contributed by atoms with van der Waals surface area (Å²) < 4.78 is 13.4. The lowest BCUT2D eigenvalue weighted by atomic mass is 9.93. The second-order valence-electron chi connectivity index (χ2n) is 11.3. The first-order chi connectivity index (χ1) is 20.2. The molecule has 5 rings (SSSR count). The highest BCUT2D eigenvalue weighted by atomic mass is 16.5. The van der Waals surface area contributed by atoms with Gasteiger partial charge in [0.25, 0.3) is 0 Å². The molecule has 0 saturated carbocycles. The van der Waals surface area contributed by atoms with Crippen LogP contribution in [0.3, 0.4) is 0 Å². The molecule has 3 aromatic rings. The summed E-state index contributed by atoms with van der Waals surface area (Å²) in [6, 6.07) is 10.5. The first kappa shape index (κ1) is 29.3. The maximum absolute atomic E-state index is 12.3. The van der Waals surface area contributed by atoms with Gasteiger partial charge in [0.2, 0.25) is 11.9 Å². The number of carbonyl (C=O) groups excluding carboxylic acids is 1. The number of nitrogens with zero attached hydrogens (tertiary/aromatic N) is 5. The molecule has 2 aromatic carbocycles. The third-order valence-electron chi connectivity index (χ3n) is 7.91. The van der Waals surface area contributed by atoms with E-state index in [-0.39, 0.29) is 11.8 Å². The number of likely N-dealkylation sites (N-methyl/N-ethyl adjacent to an activating group) is 2. The Kier molecular flexibility index (Phi) is 8.65. The Bertz CT molecular complexity index is 1550. The van der Waals surface area contributed by atoms with Crippen molar-refractivity contribution in [1.29, 1.82) is 0 Å². The number of guanidine groups is 1. The van der Waals surface area contributed by atoms with Crippen molar-refractivity contribution in [2.45, 2.75) is 12.8 Å². The molecule has 10 heteroatoms. The van der Waals surface area contributed by atoms with Gasteiger partial charge >= 0.3 is 0 Å². The van der Waals surface area contributed by atoms with Crippen molar-refractivity contribution in [2.24, 2.45) is 23.0 Å². The van der Waals surface area contributed by atoms with Gasteiger partial charge in [-0.15, -0.1) is 0 Å². The summed E-state index contributed by atoms with van der Waals surface area (Å²) >= 11 is 0. The molecule has 2 aliphatic rings. The van der Waals surface area contributed by atoms with E-state index >= 15 is 0 Å². The number of amides is 1. The van der Waals surface area contributed by atoms with Gasteiger partial charge in [0.05, 0.1) is 49.6 Å². The summed E-state index contributed by atoms with van der Waals surface area (Å²) in [7, 11) is 9.76. The zero-order valence-corrected chi connectivity index (χ0v) is 25.4. The Labute approximate surface area is 247 Å². The molecule has 0 radical (unpaired) electrons. The van der Waals surface area contributed by atoms with Gasteiger partial charge in [-0.3, -0.25) is 9.79 Å². The van der Waals surface area contributed by atoms with E-state index in [1.807, 2.05) is 33.3 Å². The largest absolute Gasteiger partial charge is 0.494 e. The molecule has 1 saturated heterocycles. The van der Waals surface area contributed by atoms with Crippen LogP contribution in [-0.4, -0.2) is 88.1 Å². The highest BCUT2D eigenvalue weighted by Crippen LogP contribution is 2.37. The quantitative estimate of drug-likeness (QED) is 0.352. The minimum Gasteiger partial charge on any atom is -0.494 e. The van der Waals surface area contributed by atoms with Crippen LogP contribution in [0.25, 0.3) is 10.9 Å². The van der Waals surface area contributed by atoms with E-state index in [2.05, 4.69) is 69.9 Å². The van der Waals surface area contributed by atoms with Crippen LogP contribution >= 0.6 is 0 Å². The molecule has 0 unspecified atom stereocenters. The molecule has 222 valence electrons. The minimum absolute atomic E-state index is 0.151. The molecule has 0 aliphatic carbocycles. The molecule has 1 aromatic heterocycles. The van der Waals surface area contributed by atoms with E-state index in [9.17, 15) is 4.79 Å². The highest BCUT2D eigenvalue weighted by Gasteiger charge is 2.25. The van der Waals surface area contributed by atoms with E-state index in [0.29, 0.717) is 35.5 Å². The fourth-order valence-electron chi connectivity index (χ4n) is 5.28. The molecule has 1 fully saturated rings. The van der Waals surface area contributed by atoms with Crippen LogP contribution < -0.4 is 20.3 Å². The summed E-state index contributed by atoms with van der Waals surface area (Å²) in [4.78, 5) is 26.3. The topological polar surface area (TPSA) is 95.7 Å². The Hall–Kier alpha value is -4.15. The second-order valence-corrected chi connectivity index (χ2v) is 11.3. The van der Waals surface area contributed by atoms with Crippen LogP contribution in [0, 0.1) is 5.92 Å². The van der Waals surface area contributed by atoms with Crippen LogP contribution in [0.5, 0.6) is 5.75 Å². The van der Waals surface area contributed by atoms with Gasteiger partial charge in [-0.05, 0) is 37.9 Å². The zero-order chi connectivity index (χ0) is 30.0. The maximum atomic E-state index is 12.3.